The predicted molar refractivity (Wildman–Crippen MR) is 143 cm³/mol. The Morgan fingerprint density at radius 3 is 0.903 bits per heavy atom. The molecule has 3 heteroatoms. The maximum Gasteiger partial charge on any atom is 0 e. The van der Waals surface area contributed by atoms with E-state index in [4.69, 9.17) is 0 Å². The van der Waals surface area contributed by atoms with E-state index in [0.29, 0.717) is 20.6 Å². The zero-order chi connectivity index (χ0) is 23.4. The molecule has 0 spiro atoms. The van der Waals surface area contributed by atoms with E-state index < -0.39 is 0 Å². The molecule has 0 bridgehead atoms. The van der Waals surface area contributed by atoms with Gasteiger partial charge in [0.15, 0.2) is 0 Å². The molecule has 2 aliphatic rings. The first kappa shape index (κ1) is 32.5. The summed E-state index contributed by atoms with van der Waals surface area (Å²) in [6, 6.07) is 0. The maximum absolute atomic E-state index is 2.51. The molecule has 0 nitrogen and oxygen atoms in total. The van der Waals surface area contributed by atoms with Gasteiger partial charge in [-0.3, -0.25) is 0 Å². The monoisotopic (exact) mass is 548 g/mol. The Hall–Kier alpha value is 1.48. The van der Waals surface area contributed by atoms with Crippen LogP contribution >= 0.6 is 15.8 Å². The minimum absolute atomic E-state index is 0. The molecule has 2 saturated carbocycles. The van der Waals surface area contributed by atoms with Crippen LogP contribution in [0.3, 0.4) is 0 Å². The van der Waals surface area contributed by atoms with E-state index in [2.05, 4.69) is 102 Å². The largest absolute Gasteiger partial charge is 0.0950 e. The zero-order valence-electron chi connectivity index (χ0n) is 22.3. The van der Waals surface area contributed by atoms with Gasteiger partial charge >= 0.3 is 0 Å². The summed E-state index contributed by atoms with van der Waals surface area (Å²) in [7, 11) is -0.132. The number of hydrogen-bond acceptors (Lipinski definition) is 0. The number of hydrogen-bond donors (Lipinski definition) is 0. The number of rotatable bonds is 4. The van der Waals surface area contributed by atoms with Crippen molar-refractivity contribution < 1.29 is 19.5 Å². The molecular weight excluding hydrogens is 499 g/mol. The van der Waals surface area contributed by atoms with Crippen LogP contribution < -0.4 is 0 Å². The van der Waals surface area contributed by atoms with Gasteiger partial charge in [0.05, 0.1) is 0 Å². The summed E-state index contributed by atoms with van der Waals surface area (Å²) in [6.45, 7) is 29.1. The average Bonchev–Trinajstić information content (AvgIpc) is 3.20. The van der Waals surface area contributed by atoms with E-state index in [1.54, 1.807) is 11.8 Å². The minimum Gasteiger partial charge on any atom is -0.0950 e. The smallest absolute Gasteiger partial charge is 0 e. The first-order valence-corrected chi connectivity index (χ1v) is 14.4. The molecule has 0 aromatic heterocycles. The molecule has 0 saturated heterocycles. The summed E-state index contributed by atoms with van der Waals surface area (Å²) in [4.78, 5) is 0. The SMILES string of the molecule is CC(C)(C)P(C[C]1[CH][CH][C](CP(C(C)(C)C)C(C)(C)C)[CH]1)C(C)(C)C.[CH]1[CH][CH][CH][CH]1.[Ru]. The van der Waals surface area contributed by atoms with E-state index in [-0.39, 0.29) is 35.3 Å². The van der Waals surface area contributed by atoms with Crippen LogP contribution in [-0.4, -0.2) is 32.9 Å². The minimum atomic E-state index is -0.0659. The van der Waals surface area contributed by atoms with Gasteiger partial charge in [0, 0.05) is 19.5 Å². The molecule has 31 heavy (non-hydrogen) atoms. The van der Waals surface area contributed by atoms with E-state index >= 15 is 0 Å². The van der Waals surface area contributed by atoms with Crippen molar-refractivity contribution in [3.05, 3.63) is 63.2 Å². The average molecular weight is 548 g/mol. The van der Waals surface area contributed by atoms with Crippen molar-refractivity contribution in [2.75, 3.05) is 12.3 Å². The molecule has 2 aliphatic carbocycles. The van der Waals surface area contributed by atoms with E-state index in [0.717, 1.165) is 0 Å². The van der Waals surface area contributed by atoms with Crippen molar-refractivity contribution in [2.24, 2.45) is 0 Å². The molecule has 0 aromatic rings. The van der Waals surface area contributed by atoms with E-state index in [1.807, 2.05) is 32.1 Å². The van der Waals surface area contributed by atoms with Gasteiger partial charge in [-0.15, -0.1) is 0 Å². The molecule has 0 aromatic carbocycles. The fourth-order valence-corrected chi connectivity index (χ4v) is 11.4. The van der Waals surface area contributed by atoms with Crippen LogP contribution in [0.5, 0.6) is 0 Å². The van der Waals surface area contributed by atoms with E-state index in [1.165, 1.54) is 12.3 Å². The Labute approximate surface area is 213 Å². The fourth-order valence-electron chi connectivity index (χ4n) is 4.39. The molecule has 0 amide bonds. The van der Waals surface area contributed by atoms with Crippen LogP contribution in [0, 0.1) is 63.2 Å². The summed E-state index contributed by atoms with van der Waals surface area (Å²) in [6.07, 6.45) is 19.8. The first-order valence-electron chi connectivity index (χ1n) is 11.4. The third-order valence-electron chi connectivity index (χ3n) is 5.36. The first-order chi connectivity index (χ1) is 13.4. The topological polar surface area (TPSA) is 0 Å². The Kier molecular flexibility index (Phi) is 13.6. The van der Waals surface area contributed by atoms with Crippen molar-refractivity contribution in [3.63, 3.8) is 0 Å². The molecular formula is C28H48P2Ru. The van der Waals surface area contributed by atoms with Crippen molar-refractivity contribution in [3.8, 4) is 0 Å². The van der Waals surface area contributed by atoms with Gasteiger partial charge < -0.3 is 0 Å². The predicted octanol–water partition coefficient (Wildman–Crippen LogP) is 8.94. The van der Waals surface area contributed by atoms with Crippen LogP contribution in [-0.2, 0) is 19.5 Å². The fraction of sp³-hybridized carbons (Fsp3) is 0.643. The van der Waals surface area contributed by atoms with Crippen LogP contribution in [0.2, 0.25) is 0 Å². The Morgan fingerprint density at radius 1 is 0.484 bits per heavy atom. The molecule has 0 heterocycles. The van der Waals surface area contributed by atoms with Gasteiger partial charge in [0.1, 0.15) is 0 Å². The summed E-state index contributed by atoms with van der Waals surface area (Å²) in [5.41, 5.74) is 0. The van der Waals surface area contributed by atoms with Crippen molar-refractivity contribution in [1.82, 2.24) is 0 Å². The van der Waals surface area contributed by atoms with Crippen LogP contribution in [0.15, 0.2) is 0 Å². The summed E-state index contributed by atoms with van der Waals surface area (Å²) in [5, 5.41) is 1.59. The van der Waals surface area contributed by atoms with Crippen molar-refractivity contribution >= 4 is 15.8 Å². The summed E-state index contributed by atoms with van der Waals surface area (Å²) < 4.78 is 0. The second kappa shape index (κ2) is 13.0. The van der Waals surface area contributed by atoms with Crippen molar-refractivity contribution in [1.29, 1.82) is 0 Å². The van der Waals surface area contributed by atoms with Gasteiger partial charge in [-0.25, -0.2) is 0 Å². The van der Waals surface area contributed by atoms with E-state index in [9.17, 15) is 0 Å². The molecule has 0 aliphatic heterocycles. The molecule has 0 atom stereocenters. The zero-order valence-corrected chi connectivity index (χ0v) is 25.8. The third kappa shape index (κ3) is 12.1. The Morgan fingerprint density at radius 2 is 0.710 bits per heavy atom. The van der Waals surface area contributed by atoms with Gasteiger partial charge in [-0.05, 0) is 96.2 Å². The van der Waals surface area contributed by atoms with Gasteiger partial charge in [0.2, 0.25) is 0 Å². The second-order valence-corrected chi connectivity index (χ2v) is 20.2. The summed E-state index contributed by atoms with van der Waals surface area (Å²) >= 11 is 0. The van der Waals surface area contributed by atoms with Gasteiger partial charge in [0.25, 0.3) is 0 Å². The Balaban J connectivity index is 0.00000131. The third-order valence-corrected chi connectivity index (χ3v) is 13.2. The maximum atomic E-state index is 2.51. The second-order valence-electron chi connectivity index (χ2n) is 12.4. The molecule has 0 N–H and O–H groups in total. The van der Waals surface area contributed by atoms with Crippen LogP contribution in [0.4, 0.5) is 0 Å². The standard InChI is InChI=1S/C23H43P2.C5H5.Ru/c1-20(2,3)24(21(4,5)6)16-18-13-14-19(15-18)17-25(22(7,8)9)23(10,11)12;1-2-4-5-3-1;/h13-15H,16-17H2,1-12H3;1-5H;. The normalized spacial score (nSPS) is 19.5. The van der Waals surface area contributed by atoms with Gasteiger partial charge in [-0.2, -0.15) is 0 Å². The molecule has 0 unspecified atom stereocenters. The molecule has 2 rings (SSSR count). The van der Waals surface area contributed by atoms with Crippen LogP contribution in [0.1, 0.15) is 83.1 Å². The quantitative estimate of drug-likeness (QED) is 0.243. The molecule has 10 radical (unpaired) electrons. The van der Waals surface area contributed by atoms with Crippen LogP contribution in [0.25, 0.3) is 0 Å². The van der Waals surface area contributed by atoms with Gasteiger partial charge in [-0.1, -0.05) is 98.9 Å². The van der Waals surface area contributed by atoms with Crippen molar-refractivity contribution in [2.45, 2.75) is 104 Å². The molecule has 178 valence electrons. The summed E-state index contributed by atoms with van der Waals surface area (Å²) in [5.74, 6) is 3.12. The Bertz CT molecular complexity index is 407. The molecule has 2 fully saturated rings.